The average Bonchev–Trinajstić information content (AvgIpc) is 3.55. The second kappa shape index (κ2) is 13.1. The van der Waals surface area contributed by atoms with E-state index >= 15 is 0 Å². The highest BCUT2D eigenvalue weighted by Crippen LogP contribution is 2.47. The minimum atomic E-state index is -0.900. The summed E-state index contributed by atoms with van der Waals surface area (Å²) in [5.74, 6) is 0.119. The van der Waals surface area contributed by atoms with Crippen LogP contribution in [-0.2, 0) is 16.1 Å². The first-order chi connectivity index (χ1) is 21.4. The van der Waals surface area contributed by atoms with Crippen LogP contribution >= 0.6 is 0 Å². The number of fused-ring (bicyclic) bond motifs is 3. The number of nitrogens with one attached hydrogen (secondary N) is 1. The van der Waals surface area contributed by atoms with Crippen LogP contribution in [0.15, 0.2) is 78.9 Å². The number of aliphatic carboxylic acids is 1. The largest absolute Gasteiger partial charge is 0.496 e. The van der Waals surface area contributed by atoms with Gasteiger partial charge in [0, 0.05) is 43.2 Å². The lowest BCUT2D eigenvalue weighted by Crippen LogP contribution is -2.68. The number of amides is 1. The van der Waals surface area contributed by atoms with E-state index in [2.05, 4.69) is 90.8 Å². The minimum absolute atomic E-state index is 0.00246. The Hall–Kier alpha value is -3.68. The zero-order valence-electron chi connectivity index (χ0n) is 26.1. The van der Waals surface area contributed by atoms with Gasteiger partial charge >= 0.3 is 5.97 Å². The normalized spacial score (nSPS) is 26.3. The Labute approximate surface area is 261 Å². The molecule has 0 radical (unpaired) electrons. The fraction of sp³-hybridized carbons (Fsp3) is 0.459. The van der Waals surface area contributed by atoms with Gasteiger partial charge in [0.1, 0.15) is 11.8 Å². The van der Waals surface area contributed by atoms with E-state index in [1.807, 2.05) is 12.1 Å². The van der Waals surface area contributed by atoms with Crippen molar-refractivity contribution >= 4 is 11.9 Å². The van der Waals surface area contributed by atoms with Crippen LogP contribution in [0.3, 0.4) is 0 Å². The number of methoxy groups -OCH3 is 1. The van der Waals surface area contributed by atoms with Gasteiger partial charge in [-0.15, -0.1) is 0 Å². The quantitative estimate of drug-likeness (QED) is 0.322. The Kier molecular flexibility index (Phi) is 9.06. The van der Waals surface area contributed by atoms with Crippen molar-refractivity contribution in [1.82, 2.24) is 15.1 Å². The van der Waals surface area contributed by atoms with Crippen LogP contribution in [0, 0.1) is 11.8 Å². The lowest BCUT2D eigenvalue weighted by Gasteiger charge is -2.57. The summed E-state index contributed by atoms with van der Waals surface area (Å²) in [6, 6.07) is 26.7. The van der Waals surface area contributed by atoms with Crippen LogP contribution < -0.4 is 10.1 Å². The summed E-state index contributed by atoms with van der Waals surface area (Å²) in [7, 11) is 1.71. The molecule has 232 valence electrons. The summed E-state index contributed by atoms with van der Waals surface area (Å²) in [4.78, 5) is 31.2. The Balaban J connectivity index is 1.37. The third-order valence-corrected chi connectivity index (χ3v) is 10.2. The predicted octanol–water partition coefficient (Wildman–Crippen LogP) is 5.50. The molecule has 3 aromatic carbocycles. The first-order valence-corrected chi connectivity index (χ1v) is 16.1. The second-order valence-electron chi connectivity index (χ2n) is 13.0. The number of hydrogen-bond donors (Lipinski definition) is 2. The molecule has 6 unspecified atom stereocenters. The zero-order valence-corrected chi connectivity index (χ0v) is 26.1. The molecule has 2 bridgehead atoms. The van der Waals surface area contributed by atoms with E-state index in [4.69, 9.17) is 4.74 Å². The molecular weight excluding hydrogens is 550 g/mol. The van der Waals surface area contributed by atoms with Crippen LogP contribution in [0.5, 0.6) is 5.75 Å². The molecule has 2 N–H and O–H groups in total. The number of likely N-dealkylation sites (tertiary alicyclic amines) is 1. The first kappa shape index (κ1) is 30.4. The Morgan fingerprint density at radius 1 is 0.932 bits per heavy atom. The third kappa shape index (κ3) is 5.87. The number of nitrogens with zero attached hydrogens (tertiary/aromatic N) is 2. The van der Waals surface area contributed by atoms with E-state index < -0.39 is 12.0 Å². The van der Waals surface area contributed by atoms with Crippen molar-refractivity contribution in [3.05, 3.63) is 101 Å². The van der Waals surface area contributed by atoms with E-state index in [0.717, 1.165) is 37.2 Å². The molecule has 3 aromatic rings. The van der Waals surface area contributed by atoms with Gasteiger partial charge in [0.05, 0.1) is 13.0 Å². The fourth-order valence-electron chi connectivity index (χ4n) is 8.06. The SMILES string of the molecule is COc1ccc(C(C)C)cc1CNC1CN2CCC1C(C(=O)N1CCCC1C(=O)O)C2C(c1ccccc1)c1ccccc1. The van der Waals surface area contributed by atoms with Crippen molar-refractivity contribution in [2.45, 2.75) is 69.6 Å². The van der Waals surface area contributed by atoms with Crippen LogP contribution in [0.4, 0.5) is 0 Å². The molecule has 4 aliphatic heterocycles. The zero-order chi connectivity index (χ0) is 30.8. The van der Waals surface area contributed by atoms with Gasteiger partial charge in [0.15, 0.2) is 0 Å². The highest BCUT2D eigenvalue weighted by Gasteiger charge is 2.55. The Morgan fingerprint density at radius 3 is 2.23 bits per heavy atom. The molecule has 0 aliphatic carbocycles. The number of carboxylic acids is 1. The smallest absolute Gasteiger partial charge is 0.326 e. The average molecular weight is 596 g/mol. The van der Waals surface area contributed by atoms with Crippen molar-refractivity contribution < 1.29 is 19.4 Å². The highest BCUT2D eigenvalue weighted by molar-refractivity contribution is 5.87. The van der Waals surface area contributed by atoms with Crippen molar-refractivity contribution in [3.8, 4) is 5.75 Å². The van der Waals surface area contributed by atoms with E-state index in [1.54, 1.807) is 12.0 Å². The lowest BCUT2D eigenvalue weighted by molar-refractivity contribution is -0.157. The maximum absolute atomic E-state index is 14.7. The number of ether oxygens (including phenoxy) is 1. The topological polar surface area (TPSA) is 82.1 Å². The number of carbonyl (C=O) groups excluding carboxylic acids is 1. The van der Waals surface area contributed by atoms with Gasteiger partial charge in [0.2, 0.25) is 5.91 Å². The van der Waals surface area contributed by atoms with E-state index in [-0.39, 0.29) is 35.7 Å². The van der Waals surface area contributed by atoms with Gasteiger partial charge in [-0.2, -0.15) is 0 Å². The molecule has 44 heavy (non-hydrogen) atoms. The van der Waals surface area contributed by atoms with Crippen molar-refractivity contribution in [1.29, 1.82) is 0 Å². The second-order valence-corrected chi connectivity index (χ2v) is 13.0. The number of rotatable bonds is 10. The van der Waals surface area contributed by atoms with Gasteiger partial charge in [-0.25, -0.2) is 4.79 Å². The molecule has 1 amide bonds. The first-order valence-electron chi connectivity index (χ1n) is 16.1. The molecule has 0 spiro atoms. The number of hydrogen-bond acceptors (Lipinski definition) is 5. The van der Waals surface area contributed by atoms with Gasteiger partial charge in [-0.05, 0) is 60.4 Å². The Bertz CT molecular complexity index is 1410. The van der Waals surface area contributed by atoms with Gasteiger partial charge in [-0.1, -0.05) is 86.6 Å². The van der Waals surface area contributed by atoms with Crippen molar-refractivity contribution in [2.24, 2.45) is 11.8 Å². The number of carbonyl (C=O) groups is 2. The molecule has 4 heterocycles. The Morgan fingerprint density at radius 2 is 1.61 bits per heavy atom. The minimum Gasteiger partial charge on any atom is -0.496 e. The van der Waals surface area contributed by atoms with E-state index in [1.165, 1.54) is 16.7 Å². The number of piperidine rings is 3. The molecule has 4 saturated heterocycles. The summed E-state index contributed by atoms with van der Waals surface area (Å²) in [6.07, 6.45) is 2.14. The summed E-state index contributed by atoms with van der Waals surface area (Å²) in [5.41, 5.74) is 4.76. The maximum Gasteiger partial charge on any atom is 0.326 e. The standard InChI is InChI=1S/C37H45N3O4/c1-24(2)27-16-17-32(44-3)28(21-27)22-38-30-23-39-20-18-29(30)34(36(41)40-19-10-15-31(40)37(42)43)35(39)33(25-11-6-4-7-12-25)26-13-8-5-9-14-26/h4-9,11-14,16-17,21,24,29-31,33-35,38H,10,15,18-20,22-23H2,1-3H3,(H,42,43). The fourth-order valence-corrected chi connectivity index (χ4v) is 8.06. The molecule has 6 atom stereocenters. The molecule has 0 aromatic heterocycles. The summed E-state index contributed by atoms with van der Waals surface area (Å²) in [6.45, 7) is 7.30. The molecule has 4 aliphatic rings. The molecule has 7 heteroatoms. The van der Waals surface area contributed by atoms with Gasteiger partial charge in [0.25, 0.3) is 0 Å². The third-order valence-electron chi connectivity index (χ3n) is 10.2. The summed E-state index contributed by atoms with van der Waals surface area (Å²) >= 11 is 0. The van der Waals surface area contributed by atoms with Crippen LogP contribution in [-0.4, -0.2) is 71.7 Å². The van der Waals surface area contributed by atoms with Gasteiger partial charge in [-0.3, -0.25) is 9.69 Å². The van der Waals surface area contributed by atoms with Crippen LogP contribution in [0.25, 0.3) is 0 Å². The summed E-state index contributed by atoms with van der Waals surface area (Å²) in [5, 5.41) is 13.9. The van der Waals surface area contributed by atoms with Crippen LogP contribution in [0.2, 0.25) is 0 Å². The van der Waals surface area contributed by atoms with E-state index in [9.17, 15) is 14.7 Å². The number of benzene rings is 3. The molecule has 7 rings (SSSR count). The van der Waals surface area contributed by atoms with Crippen molar-refractivity contribution in [3.63, 3.8) is 0 Å². The molecule has 4 fully saturated rings. The van der Waals surface area contributed by atoms with Crippen LogP contribution in [0.1, 0.15) is 67.2 Å². The summed E-state index contributed by atoms with van der Waals surface area (Å²) < 4.78 is 5.72. The predicted molar refractivity (Wildman–Crippen MR) is 172 cm³/mol. The molecule has 0 saturated carbocycles. The lowest BCUT2D eigenvalue weighted by atomic mass is 9.64. The molecule has 7 nitrogen and oxygen atoms in total. The van der Waals surface area contributed by atoms with Gasteiger partial charge < -0.3 is 20.1 Å². The van der Waals surface area contributed by atoms with E-state index in [0.29, 0.717) is 25.4 Å². The number of carboxylic acid groups (broad SMARTS) is 1. The maximum atomic E-state index is 14.7. The molecular formula is C37H45N3O4. The monoisotopic (exact) mass is 595 g/mol. The highest BCUT2D eigenvalue weighted by atomic mass is 16.5. The van der Waals surface area contributed by atoms with Crippen molar-refractivity contribution in [2.75, 3.05) is 26.7 Å².